The van der Waals surface area contributed by atoms with E-state index in [-0.39, 0.29) is 0 Å². The Balaban J connectivity index is 0. The molecule has 0 N–H and O–H groups in total. The van der Waals surface area contributed by atoms with Gasteiger partial charge in [0.1, 0.15) is 0 Å². The van der Waals surface area contributed by atoms with E-state index in [4.69, 9.17) is 22.2 Å². The molecule has 0 aliphatic rings. The first-order valence-electron chi connectivity index (χ1n) is 3.77. The Hall–Kier alpha value is 0.494. The van der Waals surface area contributed by atoms with E-state index < -0.39 is 14.8 Å². The molecular weight excluding hydrogens is 223 g/mol. The molecule has 0 aromatic heterocycles. The quantitative estimate of drug-likeness (QED) is 0.499. The highest BCUT2D eigenvalue weighted by atomic mass is 35.6. The summed E-state index contributed by atoms with van der Waals surface area (Å²) in [6, 6.07) is 0. The van der Waals surface area contributed by atoms with Crippen molar-refractivity contribution in [3.63, 3.8) is 0 Å². The lowest BCUT2D eigenvalue weighted by molar-refractivity contribution is 1.96. The van der Waals surface area contributed by atoms with Crippen molar-refractivity contribution in [3.8, 4) is 0 Å². The number of hydrogen-bond acceptors (Lipinski definition) is 0. The molecule has 0 aromatic rings. The highest BCUT2D eigenvalue weighted by Crippen LogP contribution is 2.06. The molecule has 72 valence electrons. The molecule has 4 heteroatoms. The molecule has 0 atom stereocenters. The summed E-state index contributed by atoms with van der Waals surface area (Å²) in [5, 5.41) is 0. The molecule has 0 spiro atoms. The van der Waals surface area contributed by atoms with Crippen LogP contribution in [0.2, 0.25) is 26.2 Å². The monoisotopic (exact) mass is 240 g/mol. The van der Waals surface area contributed by atoms with Crippen LogP contribution in [0.5, 0.6) is 0 Å². The fourth-order valence-corrected chi connectivity index (χ4v) is 0. The number of rotatable bonds is 2. The lowest BCUT2D eigenvalue weighted by Gasteiger charge is -2.00. The molecule has 0 aliphatic carbocycles. The van der Waals surface area contributed by atoms with Gasteiger partial charge in [-0.3, -0.25) is 0 Å². The maximum Gasteiger partial charge on any atom is 0.173 e. The summed E-state index contributed by atoms with van der Waals surface area (Å²) in [6.45, 7) is 15.2. The van der Waals surface area contributed by atoms with Gasteiger partial charge in [0.25, 0.3) is 0 Å². The predicted molar refractivity (Wildman–Crippen MR) is 67.1 cm³/mol. The third-order valence-corrected chi connectivity index (χ3v) is 3.84. The first kappa shape index (κ1) is 15.0. The van der Waals surface area contributed by atoms with Crippen LogP contribution in [-0.4, -0.2) is 14.8 Å². The number of halogens is 2. The lowest BCUT2D eigenvalue weighted by Crippen LogP contribution is -2.10. The Morgan fingerprint density at radius 1 is 0.833 bits per heavy atom. The fraction of sp³-hybridized carbons (Fsp3) is 0.500. The van der Waals surface area contributed by atoms with Crippen LogP contribution in [0.1, 0.15) is 0 Å². The summed E-state index contributed by atoms with van der Waals surface area (Å²) in [4.78, 5) is 0. The summed E-state index contributed by atoms with van der Waals surface area (Å²) in [7, 11) is -2.79. The van der Waals surface area contributed by atoms with Gasteiger partial charge >= 0.3 is 0 Å². The Bertz CT molecular complexity index is 124. The topological polar surface area (TPSA) is 0 Å². The van der Waals surface area contributed by atoms with Gasteiger partial charge in [0, 0.05) is 0 Å². The normalized spacial score (nSPS) is 11.2. The second-order valence-corrected chi connectivity index (χ2v) is 16.5. The van der Waals surface area contributed by atoms with Crippen molar-refractivity contribution >= 4 is 36.9 Å². The standard InChI is InChI=1S/2C4H9ClSi/c2*1-4-6(2,3)5/h2*4H,1H2,2-3H3. The van der Waals surface area contributed by atoms with Crippen LogP contribution in [-0.2, 0) is 0 Å². The largest absolute Gasteiger partial charge is 0.173 e. The second-order valence-electron chi connectivity index (χ2n) is 3.54. The van der Waals surface area contributed by atoms with Crippen LogP contribution >= 0.6 is 22.2 Å². The van der Waals surface area contributed by atoms with Crippen molar-refractivity contribution in [2.45, 2.75) is 26.2 Å². The molecule has 0 unspecified atom stereocenters. The minimum Gasteiger partial charge on any atom is -0.162 e. The third kappa shape index (κ3) is 22.4. The zero-order valence-corrected chi connectivity index (χ0v) is 11.8. The van der Waals surface area contributed by atoms with Crippen LogP contribution in [0.3, 0.4) is 0 Å². The minimum absolute atomic E-state index is 1.40. The van der Waals surface area contributed by atoms with E-state index in [0.717, 1.165) is 0 Å². The maximum atomic E-state index is 5.74. The third-order valence-electron chi connectivity index (χ3n) is 0.971. The molecule has 0 fully saturated rings. The van der Waals surface area contributed by atoms with Gasteiger partial charge in [0.15, 0.2) is 14.8 Å². The molecule has 0 rings (SSSR count). The fourth-order valence-electron chi connectivity index (χ4n) is 0. The van der Waals surface area contributed by atoms with Gasteiger partial charge in [0.05, 0.1) is 0 Å². The van der Waals surface area contributed by atoms with E-state index in [1.165, 1.54) is 0 Å². The van der Waals surface area contributed by atoms with Crippen LogP contribution in [0.25, 0.3) is 0 Å². The first-order chi connectivity index (χ1) is 5.12. The molecule has 0 saturated carbocycles. The smallest absolute Gasteiger partial charge is 0.162 e. The van der Waals surface area contributed by atoms with Crippen LogP contribution < -0.4 is 0 Å². The van der Waals surface area contributed by atoms with Crippen LogP contribution in [0.4, 0.5) is 0 Å². The molecule has 0 saturated heterocycles. The molecule has 0 bridgehead atoms. The molecule has 0 nitrogen and oxygen atoms in total. The SMILES string of the molecule is C=C[Si](C)(C)Cl.C=C[Si](C)(C)Cl. The zero-order valence-electron chi connectivity index (χ0n) is 8.32. The Morgan fingerprint density at radius 2 is 0.917 bits per heavy atom. The highest BCUT2D eigenvalue weighted by molar-refractivity contribution is 7.22. The Labute approximate surface area is 87.7 Å². The zero-order chi connectivity index (χ0) is 10.4. The first-order valence-corrected chi connectivity index (χ1v) is 12.0. The molecule has 0 radical (unpaired) electrons. The summed E-state index contributed by atoms with van der Waals surface area (Å²) >= 11 is 11.5. The summed E-state index contributed by atoms with van der Waals surface area (Å²) < 4.78 is 0. The summed E-state index contributed by atoms with van der Waals surface area (Å²) in [6.07, 6.45) is 0. The molecule has 0 aromatic carbocycles. The predicted octanol–water partition coefficient (Wildman–Crippen LogP) is 4.31. The number of hydrogen-bond donors (Lipinski definition) is 0. The minimum atomic E-state index is -1.40. The van der Waals surface area contributed by atoms with Gasteiger partial charge in [-0.1, -0.05) is 37.6 Å². The Kier molecular flexibility index (Phi) is 7.53. The van der Waals surface area contributed by atoms with Crippen LogP contribution in [0.15, 0.2) is 24.6 Å². The lowest BCUT2D eigenvalue weighted by atomic mass is 11.3. The van der Waals surface area contributed by atoms with E-state index in [9.17, 15) is 0 Å². The van der Waals surface area contributed by atoms with Gasteiger partial charge in [-0.2, -0.15) is 22.2 Å². The van der Waals surface area contributed by atoms with Crippen molar-refractivity contribution in [1.29, 1.82) is 0 Å². The maximum absolute atomic E-state index is 5.74. The molecule has 0 amide bonds. The van der Waals surface area contributed by atoms with Gasteiger partial charge in [-0.25, -0.2) is 0 Å². The average Bonchev–Trinajstić information content (AvgIpc) is 1.86. The average molecular weight is 241 g/mol. The molecule has 12 heavy (non-hydrogen) atoms. The van der Waals surface area contributed by atoms with Crippen molar-refractivity contribution in [2.24, 2.45) is 0 Å². The molecule has 0 heterocycles. The Morgan fingerprint density at radius 3 is 0.917 bits per heavy atom. The molecule has 0 aliphatic heterocycles. The summed E-state index contributed by atoms with van der Waals surface area (Å²) in [5.74, 6) is 0. The van der Waals surface area contributed by atoms with Crippen molar-refractivity contribution in [2.75, 3.05) is 0 Å². The van der Waals surface area contributed by atoms with E-state index in [2.05, 4.69) is 13.2 Å². The van der Waals surface area contributed by atoms with E-state index in [1.807, 2.05) is 37.6 Å². The van der Waals surface area contributed by atoms with Gasteiger partial charge < -0.3 is 0 Å². The second kappa shape index (κ2) is 6.03. The molecular formula is C8H18Cl2Si2. The van der Waals surface area contributed by atoms with Gasteiger partial charge in [0.2, 0.25) is 0 Å². The van der Waals surface area contributed by atoms with Crippen molar-refractivity contribution in [3.05, 3.63) is 24.6 Å². The van der Waals surface area contributed by atoms with E-state index >= 15 is 0 Å². The van der Waals surface area contributed by atoms with E-state index in [0.29, 0.717) is 0 Å². The summed E-state index contributed by atoms with van der Waals surface area (Å²) in [5.41, 5.74) is 3.68. The van der Waals surface area contributed by atoms with Crippen LogP contribution in [0, 0.1) is 0 Å². The van der Waals surface area contributed by atoms with Crippen molar-refractivity contribution < 1.29 is 0 Å². The van der Waals surface area contributed by atoms with Gasteiger partial charge in [-0.05, 0) is 0 Å². The van der Waals surface area contributed by atoms with Crippen molar-refractivity contribution in [1.82, 2.24) is 0 Å². The van der Waals surface area contributed by atoms with E-state index in [1.54, 1.807) is 0 Å². The highest BCUT2D eigenvalue weighted by Gasteiger charge is 2.08. The van der Waals surface area contributed by atoms with Gasteiger partial charge in [-0.15, -0.1) is 13.2 Å².